The largest absolute Gasteiger partial charge is 0.351 e. The summed E-state index contributed by atoms with van der Waals surface area (Å²) in [7, 11) is 0. The molecular weight excluding hydrogens is 457 g/mol. The first kappa shape index (κ1) is 21.5. The molecular formula is C21H21BrFN3O2S. The van der Waals surface area contributed by atoms with Crippen LogP contribution in [0.15, 0.2) is 56.9 Å². The Labute approximate surface area is 180 Å². The van der Waals surface area contributed by atoms with Gasteiger partial charge >= 0.3 is 0 Å². The van der Waals surface area contributed by atoms with Crippen LogP contribution in [0.3, 0.4) is 0 Å². The van der Waals surface area contributed by atoms with Gasteiger partial charge in [-0.2, -0.15) is 0 Å². The van der Waals surface area contributed by atoms with Crippen LogP contribution in [-0.2, 0) is 17.9 Å². The summed E-state index contributed by atoms with van der Waals surface area (Å²) in [5, 5.41) is 3.47. The van der Waals surface area contributed by atoms with Crippen molar-refractivity contribution in [2.24, 2.45) is 0 Å². The lowest BCUT2D eigenvalue weighted by Crippen LogP contribution is -2.31. The van der Waals surface area contributed by atoms with E-state index >= 15 is 0 Å². The molecule has 1 aromatic heterocycles. The number of nitrogens with zero attached hydrogens (tertiary/aromatic N) is 2. The molecule has 3 rings (SSSR count). The summed E-state index contributed by atoms with van der Waals surface area (Å²) in [6.45, 7) is 4.61. The van der Waals surface area contributed by atoms with Crippen LogP contribution >= 0.6 is 27.7 Å². The lowest BCUT2D eigenvalue weighted by Gasteiger charge is -2.16. The average molecular weight is 478 g/mol. The van der Waals surface area contributed by atoms with Crippen LogP contribution in [0.2, 0.25) is 0 Å². The van der Waals surface area contributed by atoms with Gasteiger partial charge in [0, 0.05) is 17.6 Å². The van der Waals surface area contributed by atoms with E-state index in [0.29, 0.717) is 29.1 Å². The minimum absolute atomic E-state index is 0.112. The van der Waals surface area contributed by atoms with Crippen molar-refractivity contribution < 1.29 is 9.18 Å². The molecule has 0 radical (unpaired) electrons. The summed E-state index contributed by atoms with van der Waals surface area (Å²) in [4.78, 5) is 30.1. The third-order valence-electron chi connectivity index (χ3n) is 4.36. The number of carbonyl (C=O) groups excluding carboxylic acids is 1. The Morgan fingerprint density at radius 1 is 1.28 bits per heavy atom. The van der Waals surface area contributed by atoms with E-state index in [1.165, 1.54) is 23.9 Å². The highest BCUT2D eigenvalue weighted by Crippen LogP contribution is 2.24. The molecule has 0 bridgehead atoms. The van der Waals surface area contributed by atoms with Crippen LogP contribution in [-0.4, -0.2) is 20.7 Å². The maximum Gasteiger partial charge on any atom is 0.262 e. The first-order chi connectivity index (χ1) is 13.9. The second-order valence-corrected chi connectivity index (χ2v) is 8.84. The average Bonchev–Trinajstić information content (AvgIpc) is 2.70. The minimum Gasteiger partial charge on any atom is -0.351 e. The lowest BCUT2D eigenvalue weighted by atomic mass is 10.2. The van der Waals surface area contributed by atoms with Crippen molar-refractivity contribution in [1.82, 2.24) is 14.9 Å². The van der Waals surface area contributed by atoms with Gasteiger partial charge in [-0.15, -0.1) is 0 Å². The van der Waals surface area contributed by atoms with Crippen molar-refractivity contribution in [1.29, 1.82) is 0 Å². The Hall–Kier alpha value is -2.19. The molecule has 1 atom stereocenters. The van der Waals surface area contributed by atoms with E-state index in [1.807, 2.05) is 13.0 Å². The molecule has 0 saturated carbocycles. The van der Waals surface area contributed by atoms with Crippen molar-refractivity contribution in [2.75, 3.05) is 0 Å². The first-order valence-corrected chi connectivity index (χ1v) is 10.9. The number of rotatable bonds is 7. The number of carbonyl (C=O) groups is 1. The number of halogens is 2. The van der Waals surface area contributed by atoms with Gasteiger partial charge < -0.3 is 5.32 Å². The minimum atomic E-state index is -0.446. The molecule has 8 heteroatoms. The number of nitrogens with one attached hydrogen (secondary N) is 1. The van der Waals surface area contributed by atoms with Gasteiger partial charge in [-0.1, -0.05) is 46.7 Å². The molecule has 0 aliphatic carbocycles. The summed E-state index contributed by atoms with van der Waals surface area (Å²) in [5.41, 5.74) is 1.31. The van der Waals surface area contributed by atoms with Crippen molar-refractivity contribution in [2.45, 2.75) is 43.8 Å². The number of thioether (sulfide) groups is 1. The molecule has 1 heterocycles. The second-order valence-electron chi connectivity index (χ2n) is 6.62. The van der Waals surface area contributed by atoms with Gasteiger partial charge in [0.15, 0.2) is 5.16 Å². The predicted octanol–water partition coefficient (Wildman–Crippen LogP) is 4.51. The van der Waals surface area contributed by atoms with E-state index in [2.05, 4.69) is 26.2 Å². The van der Waals surface area contributed by atoms with Crippen LogP contribution in [0.4, 0.5) is 4.39 Å². The van der Waals surface area contributed by atoms with Gasteiger partial charge in [-0.3, -0.25) is 14.2 Å². The Balaban J connectivity index is 1.79. The van der Waals surface area contributed by atoms with Crippen molar-refractivity contribution in [3.63, 3.8) is 0 Å². The van der Waals surface area contributed by atoms with Gasteiger partial charge in [-0.05, 0) is 49.2 Å². The first-order valence-electron chi connectivity index (χ1n) is 9.28. The highest BCUT2D eigenvalue weighted by atomic mass is 79.9. The quantitative estimate of drug-likeness (QED) is 0.401. The molecule has 2 aromatic carbocycles. The number of fused-ring (bicyclic) bond motifs is 1. The summed E-state index contributed by atoms with van der Waals surface area (Å²) in [6, 6.07) is 11.4. The maximum atomic E-state index is 13.0. The molecule has 1 amide bonds. The maximum absolute atomic E-state index is 13.0. The molecule has 152 valence electrons. The highest BCUT2D eigenvalue weighted by Gasteiger charge is 2.19. The molecule has 1 unspecified atom stereocenters. The molecule has 0 aliphatic rings. The van der Waals surface area contributed by atoms with E-state index in [1.54, 1.807) is 35.8 Å². The zero-order valence-electron chi connectivity index (χ0n) is 16.1. The van der Waals surface area contributed by atoms with E-state index in [-0.39, 0.29) is 17.3 Å². The van der Waals surface area contributed by atoms with Gasteiger partial charge in [0.2, 0.25) is 5.91 Å². The van der Waals surface area contributed by atoms with E-state index in [0.717, 1.165) is 16.5 Å². The number of aromatic nitrogens is 2. The molecule has 29 heavy (non-hydrogen) atoms. The van der Waals surface area contributed by atoms with Crippen LogP contribution in [0.5, 0.6) is 0 Å². The third kappa shape index (κ3) is 5.25. The zero-order valence-corrected chi connectivity index (χ0v) is 18.5. The fourth-order valence-corrected chi connectivity index (χ4v) is 4.15. The summed E-state index contributed by atoms with van der Waals surface area (Å²) in [6.07, 6.45) is 0.778. The Morgan fingerprint density at radius 2 is 2.00 bits per heavy atom. The lowest BCUT2D eigenvalue weighted by molar-refractivity contribution is -0.120. The Morgan fingerprint density at radius 3 is 2.69 bits per heavy atom. The summed E-state index contributed by atoms with van der Waals surface area (Å²) >= 11 is 4.65. The van der Waals surface area contributed by atoms with Gasteiger partial charge in [0.1, 0.15) is 5.82 Å². The molecule has 0 saturated heterocycles. The SMILES string of the molecule is CCCn1c(SC(C)C(=O)NCc2ccc(F)cc2)nc2ccc(Br)cc2c1=O. The molecule has 5 nitrogen and oxygen atoms in total. The molecule has 0 spiro atoms. The monoisotopic (exact) mass is 477 g/mol. The van der Waals surface area contributed by atoms with Gasteiger partial charge in [-0.25, -0.2) is 9.37 Å². The van der Waals surface area contributed by atoms with Crippen molar-refractivity contribution >= 4 is 44.5 Å². The fraction of sp³-hybridized carbons (Fsp3) is 0.286. The molecule has 3 aromatic rings. The van der Waals surface area contributed by atoms with E-state index in [4.69, 9.17) is 0 Å². The fourth-order valence-electron chi connectivity index (χ4n) is 2.83. The number of hydrogen-bond acceptors (Lipinski definition) is 4. The number of benzene rings is 2. The molecule has 0 aliphatic heterocycles. The highest BCUT2D eigenvalue weighted by molar-refractivity contribution is 9.10. The number of hydrogen-bond donors (Lipinski definition) is 1. The summed E-state index contributed by atoms with van der Waals surface area (Å²) in [5.74, 6) is -0.486. The topological polar surface area (TPSA) is 64.0 Å². The predicted molar refractivity (Wildman–Crippen MR) is 118 cm³/mol. The second kappa shape index (κ2) is 9.54. The van der Waals surface area contributed by atoms with Crippen LogP contribution in [0.1, 0.15) is 25.8 Å². The smallest absolute Gasteiger partial charge is 0.262 e. The van der Waals surface area contributed by atoms with Crippen molar-refractivity contribution in [3.8, 4) is 0 Å². The zero-order chi connectivity index (χ0) is 21.0. The normalized spacial score (nSPS) is 12.1. The van der Waals surface area contributed by atoms with Crippen LogP contribution in [0, 0.1) is 5.82 Å². The molecule has 1 N–H and O–H groups in total. The van der Waals surface area contributed by atoms with Crippen molar-refractivity contribution in [3.05, 3.63) is 68.7 Å². The standard InChI is InChI=1S/C21H21BrFN3O2S/c1-3-10-26-20(28)17-11-15(22)6-9-18(17)25-21(26)29-13(2)19(27)24-12-14-4-7-16(23)8-5-14/h4-9,11,13H,3,10,12H2,1-2H3,(H,24,27). The van der Waals surface area contributed by atoms with Gasteiger partial charge in [0.05, 0.1) is 16.2 Å². The molecule has 0 fully saturated rings. The van der Waals surface area contributed by atoms with E-state index in [9.17, 15) is 14.0 Å². The van der Waals surface area contributed by atoms with E-state index < -0.39 is 5.25 Å². The van der Waals surface area contributed by atoms with Crippen LogP contribution < -0.4 is 10.9 Å². The Kier molecular flexibility index (Phi) is 7.08. The van der Waals surface area contributed by atoms with Gasteiger partial charge in [0.25, 0.3) is 5.56 Å². The Bertz CT molecular complexity index is 1090. The third-order valence-corrected chi connectivity index (χ3v) is 5.94. The number of amides is 1. The summed E-state index contributed by atoms with van der Waals surface area (Å²) < 4.78 is 15.4. The van der Waals surface area contributed by atoms with Crippen LogP contribution in [0.25, 0.3) is 10.9 Å².